The Kier molecular flexibility index (Phi) is 35.3. The van der Waals surface area contributed by atoms with Gasteiger partial charge in [0.05, 0.1) is 25.4 Å². The lowest BCUT2D eigenvalue weighted by Gasteiger charge is -2.20. The number of nitrogens with one attached hydrogen (secondary N) is 1. The summed E-state index contributed by atoms with van der Waals surface area (Å²) in [6, 6.07) is -0.643. The smallest absolute Gasteiger partial charge is 0.305 e. The second-order valence-corrected chi connectivity index (χ2v) is 13.6. The number of unbranched alkanes of at least 4 members (excludes halogenated alkanes) is 25. The van der Waals surface area contributed by atoms with Gasteiger partial charge in [-0.25, -0.2) is 0 Å². The number of amides is 1. The summed E-state index contributed by atoms with van der Waals surface area (Å²) in [5, 5.41) is 22.8. The Morgan fingerprint density at radius 2 is 1.00 bits per heavy atom. The van der Waals surface area contributed by atoms with Crippen molar-refractivity contribution in [3.8, 4) is 0 Å². The van der Waals surface area contributed by atoms with Crippen molar-refractivity contribution in [2.75, 3.05) is 13.2 Å². The zero-order valence-electron chi connectivity index (χ0n) is 30.6. The molecule has 2 unspecified atom stereocenters. The second-order valence-electron chi connectivity index (χ2n) is 13.6. The summed E-state index contributed by atoms with van der Waals surface area (Å²) in [5.41, 5.74) is 0. The van der Waals surface area contributed by atoms with Crippen LogP contribution in [0.15, 0.2) is 12.2 Å². The monoisotopic (exact) mass is 652 g/mol. The van der Waals surface area contributed by atoms with E-state index in [1.54, 1.807) is 6.08 Å². The third-order valence-corrected chi connectivity index (χ3v) is 9.06. The molecule has 0 aliphatic rings. The highest BCUT2D eigenvalue weighted by Crippen LogP contribution is 2.14. The Bertz CT molecular complexity index is 683. The lowest BCUT2D eigenvalue weighted by molar-refractivity contribution is -0.143. The van der Waals surface area contributed by atoms with E-state index in [0.29, 0.717) is 19.4 Å². The van der Waals surface area contributed by atoms with Crippen molar-refractivity contribution in [2.45, 2.75) is 219 Å². The molecule has 0 radical (unpaired) electrons. The van der Waals surface area contributed by atoms with E-state index in [1.807, 2.05) is 6.08 Å². The molecule has 0 fully saturated rings. The van der Waals surface area contributed by atoms with Gasteiger partial charge >= 0.3 is 5.97 Å². The van der Waals surface area contributed by atoms with E-state index in [-0.39, 0.29) is 18.5 Å². The topological polar surface area (TPSA) is 95.9 Å². The number of allylic oxidation sites excluding steroid dienone is 1. The van der Waals surface area contributed by atoms with Crippen molar-refractivity contribution in [1.82, 2.24) is 5.32 Å². The van der Waals surface area contributed by atoms with Gasteiger partial charge in [0.25, 0.3) is 0 Å². The molecule has 3 N–H and O–H groups in total. The van der Waals surface area contributed by atoms with Gasteiger partial charge in [0.1, 0.15) is 0 Å². The third kappa shape index (κ3) is 32.5. The minimum absolute atomic E-state index is 0.0291. The average Bonchev–Trinajstić information content (AvgIpc) is 3.05. The Balaban J connectivity index is 3.53. The van der Waals surface area contributed by atoms with E-state index in [1.165, 1.54) is 122 Å². The van der Waals surface area contributed by atoms with Gasteiger partial charge in [-0.2, -0.15) is 0 Å². The first kappa shape index (κ1) is 44.6. The number of rotatable bonds is 36. The van der Waals surface area contributed by atoms with Crippen LogP contribution in [-0.2, 0) is 14.3 Å². The summed E-state index contributed by atoms with van der Waals surface area (Å²) in [4.78, 5) is 24.2. The predicted octanol–water partition coefficient (Wildman–Crippen LogP) is 10.7. The summed E-state index contributed by atoms with van der Waals surface area (Å²) in [6.45, 7) is 4.78. The summed E-state index contributed by atoms with van der Waals surface area (Å²) in [5.74, 6) is -0.128. The van der Waals surface area contributed by atoms with Crippen molar-refractivity contribution >= 4 is 11.9 Å². The Hall–Kier alpha value is -1.40. The minimum Gasteiger partial charge on any atom is -0.466 e. The van der Waals surface area contributed by atoms with Gasteiger partial charge in [-0.3, -0.25) is 9.59 Å². The lowest BCUT2D eigenvalue weighted by Crippen LogP contribution is -2.45. The molecular weight excluding hydrogens is 574 g/mol. The van der Waals surface area contributed by atoms with Crippen molar-refractivity contribution in [1.29, 1.82) is 0 Å². The van der Waals surface area contributed by atoms with Crippen LogP contribution < -0.4 is 5.32 Å². The van der Waals surface area contributed by atoms with Gasteiger partial charge in [0, 0.05) is 12.8 Å². The number of ether oxygens (including phenoxy) is 1. The van der Waals surface area contributed by atoms with E-state index < -0.39 is 12.1 Å². The second kappa shape index (κ2) is 36.4. The molecule has 0 aliphatic heterocycles. The highest BCUT2D eigenvalue weighted by molar-refractivity contribution is 5.76. The summed E-state index contributed by atoms with van der Waals surface area (Å²) in [7, 11) is 0. The zero-order chi connectivity index (χ0) is 33.8. The molecule has 0 aromatic rings. The van der Waals surface area contributed by atoms with E-state index in [2.05, 4.69) is 19.2 Å². The van der Waals surface area contributed by atoms with Crippen LogP contribution in [-0.4, -0.2) is 47.4 Å². The van der Waals surface area contributed by atoms with Crippen LogP contribution in [0.4, 0.5) is 0 Å². The number of hydrogen-bond donors (Lipinski definition) is 3. The number of aliphatic hydroxyl groups is 2. The fraction of sp³-hybridized carbons (Fsp3) is 0.900. The van der Waals surface area contributed by atoms with Gasteiger partial charge < -0.3 is 20.3 Å². The van der Waals surface area contributed by atoms with Crippen LogP contribution in [0.5, 0.6) is 0 Å². The molecule has 0 aliphatic carbocycles. The van der Waals surface area contributed by atoms with Gasteiger partial charge in [0.2, 0.25) is 5.91 Å². The quantitative estimate of drug-likeness (QED) is 0.0356. The van der Waals surface area contributed by atoms with Crippen molar-refractivity contribution in [2.24, 2.45) is 0 Å². The maximum Gasteiger partial charge on any atom is 0.305 e. The molecule has 272 valence electrons. The van der Waals surface area contributed by atoms with E-state index in [4.69, 9.17) is 4.74 Å². The first-order valence-corrected chi connectivity index (χ1v) is 20.0. The SMILES string of the molecule is CCCCCCCCC/C=C/C(O)C(CO)NC(=O)CCCCCCCCCCCOC(=O)CCCCCCCCCCCCC. The van der Waals surface area contributed by atoms with Crippen molar-refractivity contribution < 1.29 is 24.5 Å². The third-order valence-electron chi connectivity index (χ3n) is 9.06. The van der Waals surface area contributed by atoms with E-state index in [9.17, 15) is 19.8 Å². The predicted molar refractivity (Wildman–Crippen MR) is 195 cm³/mol. The van der Waals surface area contributed by atoms with E-state index in [0.717, 1.165) is 57.8 Å². The van der Waals surface area contributed by atoms with Crippen LogP contribution in [0.25, 0.3) is 0 Å². The summed E-state index contributed by atoms with van der Waals surface area (Å²) >= 11 is 0. The maximum atomic E-state index is 12.3. The molecular formula is C40H77NO5. The van der Waals surface area contributed by atoms with Crippen LogP contribution in [0.2, 0.25) is 0 Å². The molecule has 46 heavy (non-hydrogen) atoms. The molecule has 6 nitrogen and oxygen atoms in total. The number of aliphatic hydroxyl groups excluding tert-OH is 2. The molecule has 0 spiro atoms. The van der Waals surface area contributed by atoms with Crippen LogP contribution in [0, 0.1) is 0 Å². The molecule has 0 saturated heterocycles. The normalized spacial score (nSPS) is 12.9. The van der Waals surface area contributed by atoms with Crippen molar-refractivity contribution in [3.63, 3.8) is 0 Å². The molecule has 1 amide bonds. The Morgan fingerprint density at radius 1 is 0.587 bits per heavy atom. The van der Waals surface area contributed by atoms with Gasteiger partial charge in [-0.15, -0.1) is 0 Å². The largest absolute Gasteiger partial charge is 0.466 e. The summed E-state index contributed by atoms with van der Waals surface area (Å²) < 4.78 is 5.41. The summed E-state index contributed by atoms with van der Waals surface area (Å²) in [6.07, 6.45) is 37.6. The van der Waals surface area contributed by atoms with Crippen LogP contribution >= 0.6 is 0 Å². The first-order valence-electron chi connectivity index (χ1n) is 20.0. The number of hydrogen-bond acceptors (Lipinski definition) is 5. The number of carbonyl (C=O) groups excluding carboxylic acids is 2. The van der Waals surface area contributed by atoms with Gasteiger partial charge in [0.15, 0.2) is 0 Å². The molecule has 0 rings (SSSR count). The highest BCUT2D eigenvalue weighted by Gasteiger charge is 2.17. The molecule has 0 bridgehead atoms. The molecule has 0 aromatic heterocycles. The zero-order valence-corrected chi connectivity index (χ0v) is 30.6. The molecule has 0 heterocycles. The first-order chi connectivity index (χ1) is 22.5. The molecule has 0 saturated carbocycles. The van der Waals surface area contributed by atoms with Crippen LogP contribution in [0.1, 0.15) is 206 Å². The fourth-order valence-electron chi connectivity index (χ4n) is 5.92. The minimum atomic E-state index is -0.857. The average molecular weight is 652 g/mol. The number of esters is 1. The molecule has 2 atom stereocenters. The lowest BCUT2D eigenvalue weighted by atomic mass is 10.1. The Morgan fingerprint density at radius 3 is 1.48 bits per heavy atom. The van der Waals surface area contributed by atoms with Gasteiger partial charge in [-0.05, 0) is 32.1 Å². The maximum absolute atomic E-state index is 12.3. The highest BCUT2D eigenvalue weighted by atomic mass is 16.5. The molecule has 6 heteroatoms. The van der Waals surface area contributed by atoms with Crippen LogP contribution in [0.3, 0.4) is 0 Å². The molecule has 0 aromatic carbocycles. The van der Waals surface area contributed by atoms with Crippen molar-refractivity contribution in [3.05, 3.63) is 12.2 Å². The van der Waals surface area contributed by atoms with Gasteiger partial charge in [-0.1, -0.05) is 174 Å². The number of carbonyl (C=O) groups is 2. The standard InChI is InChI=1S/C40H77NO5/c1-3-5-7-9-11-13-14-18-22-26-30-34-40(45)46-35-31-27-23-19-15-17-21-25-29-33-39(44)41-37(36-42)38(43)32-28-24-20-16-12-10-8-6-4-2/h28,32,37-38,42-43H,3-27,29-31,33-36H2,1-2H3,(H,41,44)/b32-28+. The van der Waals surface area contributed by atoms with E-state index >= 15 is 0 Å². The Labute approximate surface area is 285 Å². The fourth-order valence-corrected chi connectivity index (χ4v) is 5.92.